The highest BCUT2D eigenvalue weighted by molar-refractivity contribution is 4.82. The molecule has 0 aliphatic heterocycles. The monoisotopic (exact) mass is 226 g/mol. The predicted octanol–water partition coefficient (Wildman–Crippen LogP) is 1.37. The Bertz CT molecular complexity index is 190. The molecule has 3 nitrogen and oxygen atoms in total. The Morgan fingerprint density at radius 3 is 2.38 bits per heavy atom. The Labute approximate surface area is 99.2 Å². The third-order valence-electron chi connectivity index (χ3n) is 3.83. The summed E-state index contributed by atoms with van der Waals surface area (Å²) in [5.41, 5.74) is 0. The average Bonchev–Trinajstić information content (AvgIpc) is 3.01. The fraction of sp³-hybridized carbons (Fsp3) is 1.00. The number of aliphatic hydroxyl groups is 1. The maximum Gasteiger partial charge on any atom is 0.0443 e. The Balaban J connectivity index is 1.56. The molecule has 2 N–H and O–H groups in total. The summed E-state index contributed by atoms with van der Waals surface area (Å²) in [6, 6.07) is 1.67. The van der Waals surface area contributed by atoms with Crippen LogP contribution < -0.4 is 5.32 Å². The van der Waals surface area contributed by atoms with E-state index in [1.807, 2.05) is 0 Å². The highest BCUT2D eigenvalue weighted by Gasteiger charge is 2.24. The molecule has 2 saturated carbocycles. The van der Waals surface area contributed by atoms with E-state index in [1.54, 1.807) is 0 Å². The minimum absolute atomic E-state index is 0.337. The van der Waals surface area contributed by atoms with Gasteiger partial charge in [-0.3, -0.25) is 0 Å². The van der Waals surface area contributed by atoms with Gasteiger partial charge >= 0.3 is 0 Å². The largest absolute Gasteiger partial charge is 0.396 e. The molecule has 0 aromatic carbocycles. The van der Waals surface area contributed by atoms with Crippen LogP contribution in [0.15, 0.2) is 0 Å². The summed E-state index contributed by atoms with van der Waals surface area (Å²) in [6.07, 6.45) is 9.13. The van der Waals surface area contributed by atoms with Gasteiger partial charge in [-0.1, -0.05) is 6.42 Å². The summed E-state index contributed by atoms with van der Waals surface area (Å²) < 4.78 is 0. The molecule has 2 aliphatic rings. The third kappa shape index (κ3) is 4.04. The van der Waals surface area contributed by atoms with Crippen molar-refractivity contribution in [2.24, 2.45) is 0 Å². The molecule has 2 fully saturated rings. The lowest BCUT2D eigenvalue weighted by Gasteiger charge is -2.37. The van der Waals surface area contributed by atoms with E-state index in [1.165, 1.54) is 51.6 Å². The van der Waals surface area contributed by atoms with Crippen molar-refractivity contribution in [3.8, 4) is 0 Å². The van der Waals surface area contributed by atoms with Crippen LogP contribution in [0.2, 0.25) is 0 Å². The Morgan fingerprint density at radius 2 is 1.81 bits per heavy atom. The summed E-state index contributed by atoms with van der Waals surface area (Å²) in [5, 5.41) is 12.5. The SMILES string of the molecule is OCCCN(CCCNC1CC1)C1CCC1. The van der Waals surface area contributed by atoms with Crippen molar-refractivity contribution < 1.29 is 5.11 Å². The Hall–Kier alpha value is -0.120. The second kappa shape index (κ2) is 6.58. The average molecular weight is 226 g/mol. The van der Waals surface area contributed by atoms with E-state index < -0.39 is 0 Å². The standard InChI is InChI=1S/C13H26N2O/c16-11-3-10-15(13-4-1-5-13)9-2-8-14-12-6-7-12/h12-14,16H,1-11H2. The normalized spacial score (nSPS) is 21.4. The number of rotatable bonds is 9. The first-order valence-corrected chi connectivity index (χ1v) is 6.98. The van der Waals surface area contributed by atoms with Crippen LogP contribution in [0, 0.1) is 0 Å². The quantitative estimate of drug-likeness (QED) is 0.583. The summed E-state index contributed by atoms with van der Waals surface area (Å²) in [7, 11) is 0. The molecule has 0 heterocycles. The topological polar surface area (TPSA) is 35.5 Å². The van der Waals surface area contributed by atoms with Crippen molar-refractivity contribution in [3.05, 3.63) is 0 Å². The van der Waals surface area contributed by atoms with Crippen molar-refractivity contribution in [3.63, 3.8) is 0 Å². The lowest BCUT2D eigenvalue weighted by molar-refractivity contribution is 0.115. The summed E-state index contributed by atoms with van der Waals surface area (Å²) in [4.78, 5) is 2.59. The molecule has 94 valence electrons. The zero-order chi connectivity index (χ0) is 11.2. The highest BCUT2D eigenvalue weighted by atomic mass is 16.3. The zero-order valence-electron chi connectivity index (χ0n) is 10.3. The maximum atomic E-state index is 8.90. The van der Waals surface area contributed by atoms with E-state index in [0.29, 0.717) is 6.61 Å². The fourth-order valence-electron chi connectivity index (χ4n) is 2.38. The van der Waals surface area contributed by atoms with Gasteiger partial charge in [-0.15, -0.1) is 0 Å². The molecule has 2 rings (SSSR count). The van der Waals surface area contributed by atoms with Crippen LogP contribution in [0.3, 0.4) is 0 Å². The number of hydrogen-bond donors (Lipinski definition) is 2. The minimum atomic E-state index is 0.337. The molecule has 0 atom stereocenters. The van der Waals surface area contributed by atoms with Gasteiger partial charge in [-0.25, -0.2) is 0 Å². The molecular formula is C13H26N2O. The Kier molecular flexibility index (Phi) is 5.07. The molecule has 0 spiro atoms. The van der Waals surface area contributed by atoms with Crippen molar-refractivity contribution in [1.29, 1.82) is 0 Å². The van der Waals surface area contributed by atoms with Gasteiger partial charge in [-0.05, 0) is 51.6 Å². The van der Waals surface area contributed by atoms with Crippen LogP contribution in [0.5, 0.6) is 0 Å². The zero-order valence-corrected chi connectivity index (χ0v) is 10.3. The highest BCUT2D eigenvalue weighted by Crippen LogP contribution is 2.25. The molecule has 0 unspecified atom stereocenters. The molecule has 0 radical (unpaired) electrons. The van der Waals surface area contributed by atoms with Crippen molar-refractivity contribution in [2.45, 2.75) is 57.0 Å². The third-order valence-corrected chi connectivity index (χ3v) is 3.83. The fourth-order valence-corrected chi connectivity index (χ4v) is 2.38. The van der Waals surface area contributed by atoms with E-state index in [9.17, 15) is 0 Å². The van der Waals surface area contributed by atoms with Crippen LogP contribution in [0.25, 0.3) is 0 Å². The molecular weight excluding hydrogens is 200 g/mol. The molecule has 0 saturated heterocycles. The van der Waals surface area contributed by atoms with Gasteiger partial charge < -0.3 is 15.3 Å². The minimum Gasteiger partial charge on any atom is -0.396 e. The predicted molar refractivity (Wildman–Crippen MR) is 66.6 cm³/mol. The van der Waals surface area contributed by atoms with Crippen molar-refractivity contribution in [1.82, 2.24) is 10.2 Å². The molecule has 0 aromatic heterocycles. The maximum absolute atomic E-state index is 8.90. The molecule has 0 aromatic rings. The van der Waals surface area contributed by atoms with E-state index in [4.69, 9.17) is 5.11 Å². The van der Waals surface area contributed by atoms with Crippen LogP contribution >= 0.6 is 0 Å². The lowest BCUT2D eigenvalue weighted by Crippen LogP contribution is -2.42. The van der Waals surface area contributed by atoms with Crippen LogP contribution in [-0.4, -0.2) is 48.3 Å². The van der Waals surface area contributed by atoms with Gasteiger partial charge in [0, 0.05) is 25.2 Å². The second-order valence-electron chi connectivity index (χ2n) is 5.28. The van der Waals surface area contributed by atoms with Gasteiger partial charge in [0.25, 0.3) is 0 Å². The number of nitrogens with one attached hydrogen (secondary N) is 1. The van der Waals surface area contributed by atoms with Crippen LogP contribution in [0.1, 0.15) is 44.9 Å². The van der Waals surface area contributed by atoms with E-state index in [0.717, 1.165) is 25.0 Å². The van der Waals surface area contributed by atoms with Crippen molar-refractivity contribution >= 4 is 0 Å². The van der Waals surface area contributed by atoms with Crippen LogP contribution in [-0.2, 0) is 0 Å². The first kappa shape index (κ1) is 12.3. The second-order valence-corrected chi connectivity index (χ2v) is 5.28. The van der Waals surface area contributed by atoms with E-state index >= 15 is 0 Å². The van der Waals surface area contributed by atoms with Gasteiger partial charge in [0.05, 0.1) is 0 Å². The first-order chi connectivity index (χ1) is 7.90. The smallest absolute Gasteiger partial charge is 0.0443 e. The summed E-state index contributed by atoms with van der Waals surface area (Å²) in [5.74, 6) is 0. The Morgan fingerprint density at radius 1 is 1.06 bits per heavy atom. The van der Waals surface area contributed by atoms with Gasteiger partial charge in [0.15, 0.2) is 0 Å². The van der Waals surface area contributed by atoms with E-state index in [2.05, 4.69) is 10.2 Å². The number of aliphatic hydroxyl groups excluding tert-OH is 1. The first-order valence-electron chi connectivity index (χ1n) is 6.98. The molecule has 0 bridgehead atoms. The number of nitrogens with zero attached hydrogens (tertiary/aromatic N) is 1. The summed E-state index contributed by atoms with van der Waals surface area (Å²) >= 11 is 0. The van der Waals surface area contributed by atoms with Crippen molar-refractivity contribution in [2.75, 3.05) is 26.2 Å². The number of hydrogen-bond acceptors (Lipinski definition) is 3. The molecule has 16 heavy (non-hydrogen) atoms. The lowest BCUT2D eigenvalue weighted by atomic mass is 9.91. The summed E-state index contributed by atoms with van der Waals surface area (Å²) in [6.45, 7) is 3.81. The van der Waals surface area contributed by atoms with Crippen LogP contribution in [0.4, 0.5) is 0 Å². The van der Waals surface area contributed by atoms with Gasteiger partial charge in [0.2, 0.25) is 0 Å². The molecule has 3 heteroatoms. The molecule has 2 aliphatic carbocycles. The van der Waals surface area contributed by atoms with Gasteiger partial charge in [0.1, 0.15) is 0 Å². The molecule has 0 amide bonds. The van der Waals surface area contributed by atoms with E-state index in [-0.39, 0.29) is 0 Å². The van der Waals surface area contributed by atoms with Gasteiger partial charge in [-0.2, -0.15) is 0 Å².